The van der Waals surface area contributed by atoms with Crippen molar-refractivity contribution in [2.45, 2.75) is 26.4 Å². The molecule has 0 atom stereocenters. The van der Waals surface area contributed by atoms with Gasteiger partial charge in [0.25, 0.3) is 0 Å². The first-order valence-corrected chi connectivity index (χ1v) is 5.92. The maximum Gasteiger partial charge on any atom is 0.322 e. The number of rotatable bonds is 4. The Balaban J connectivity index is 2.32. The average molecular weight is 250 g/mol. The number of carbonyl (C=O) groups excluding carboxylic acids is 1. The van der Waals surface area contributed by atoms with Crippen molar-refractivity contribution in [2.75, 3.05) is 24.1 Å². The van der Waals surface area contributed by atoms with Crippen molar-refractivity contribution < 1.29 is 9.53 Å². The number of hydrogen-bond acceptors (Lipinski definition) is 4. The molecule has 0 fully saturated rings. The summed E-state index contributed by atoms with van der Waals surface area (Å²) in [5, 5.41) is 5.86. The predicted molar refractivity (Wildman–Crippen MR) is 69.6 cm³/mol. The molecule has 2 heterocycles. The van der Waals surface area contributed by atoms with Gasteiger partial charge in [0.1, 0.15) is 12.5 Å². The molecule has 0 radical (unpaired) electrons. The van der Waals surface area contributed by atoms with Gasteiger partial charge in [-0.1, -0.05) is 0 Å². The fraction of sp³-hybridized carbons (Fsp3) is 0.500. The summed E-state index contributed by atoms with van der Waals surface area (Å²) in [6, 6.07) is 1.91. The van der Waals surface area contributed by atoms with Gasteiger partial charge in [-0.25, -0.2) is 9.78 Å². The van der Waals surface area contributed by atoms with Crippen LogP contribution in [0.15, 0.2) is 12.3 Å². The molecule has 98 valence electrons. The van der Waals surface area contributed by atoms with E-state index in [0.29, 0.717) is 19.1 Å². The highest BCUT2D eigenvalue weighted by Gasteiger charge is 2.26. The van der Waals surface area contributed by atoms with E-state index in [-0.39, 0.29) is 12.1 Å². The van der Waals surface area contributed by atoms with E-state index in [9.17, 15) is 4.79 Å². The number of pyridine rings is 1. The van der Waals surface area contributed by atoms with Crippen molar-refractivity contribution >= 4 is 17.5 Å². The Hall–Kier alpha value is -1.82. The van der Waals surface area contributed by atoms with E-state index in [1.165, 1.54) is 0 Å². The minimum Gasteiger partial charge on any atom is -0.365 e. The summed E-state index contributed by atoms with van der Waals surface area (Å²) in [6.45, 7) is 4.88. The van der Waals surface area contributed by atoms with Crippen molar-refractivity contribution in [1.29, 1.82) is 0 Å². The molecule has 0 unspecified atom stereocenters. The Morgan fingerprint density at radius 2 is 2.39 bits per heavy atom. The zero-order chi connectivity index (χ0) is 13.1. The van der Waals surface area contributed by atoms with E-state index >= 15 is 0 Å². The Morgan fingerprint density at radius 1 is 1.61 bits per heavy atom. The van der Waals surface area contributed by atoms with Gasteiger partial charge in [-0.3, -0.25) is 4.90 Å². The lowest BCUT2D eigenvalue weighted by Crippen LogP contribution is -2.47. The molecule has 0 aromatic carbocycles. The number of aromatic nitrogens is 1. The number of carbonyl (C=O) groups is 1. The molecule has 0 aliphatic carbocycles. The highest BCUT2D eigenvalue weighted by atomic mass is 16.5. The van der Waals surface area contributed by atoms with E-state index in [4.69, 9.17) is 4.74 Å². The second-order valence-corrected chi connectivity index (χ2v) is 4.43. The summed E-state index contributed by atoms with van der Waals surface area (Å²) in [5.41, 5.74) is 1.92. The van der Waals surface area contributed by atoms with Crippen molar-refractivity contribution in [2.24, 2.45) is 0 Å². The predicted octanol–water partition coefficient (Wildman–Crippen LogP) is 1.54. The van der Waals surface area contributed by atoms with Gasteiger partial charge >= 0.3 is 6.03 Å². The number of methoxy groups -OCH3 is 1. The quantitative estimate of drug-likeness (QED) is 0.795. The normalized spacial score (nSPS) is 14.4. The maximum atomic E-state index is 11.9. The third-order valence-corrected chi connectivity index (χ3v) is 2.78. The first-order chi connectivity index (χ1) is 8.63. The van der Waals surface area contributed by atoms with Gasteiger partial charge in [0.05, 0.1) is 5.69 Å². The molecule has 0 saturated heterocycles. The van der Waals surface area contributed by atoms with Crippen LogP contribution in [0.4, 0.5) is 16.3 Å². The largest absolute Gasteiger partial charge is 0.365 e. The van der Waals surface area contributed by atoms with E-state index in [0.717, 1.165) is 11.3 Å². The molecule has 0 bridgehead atoms. The molecular formula is C12H18N4O2. The minimum absolute atomic E-state index is 0.0682. The highest BCUT2D eigenvalue weighted by molar-refractivity contribution is 5.95. The first-order valence-electron chi connectivity index (χ1n) is 5.92. The lowest BCUT2D eigenvalue weighted by atomic mass is 10.1. The molecule has 0 saturated carbocycles. The Labute approximate surface area is 106 Å². The van der Waals surface area contributed by atoms with Crippen molar-refractivity contribution in [3.63, 3.8) is 0 Å². The summed E-state index contributed by atoms with van der Waals surface area (Å²) in [7, 11) is 1.61. The fourth-order valence-corrected chi connectivity index (χ4v) is 1.95. The molecule has 2 rings (SSSR count). The van der Waals surface area contributed by atoms with E-state index in [1.54, 1.807) is 18.2 Å². The number of anilines is 2. The second kappa shape index (κ2) is 5.22. The van der Waals surface area contributed by atoms with Crippen molar-refractivity contribution in [1.82, 2.24) is 10.3 Å². The van der Waals surface area contributed by atoms with Crippen LogP contribution >= 0.6 is 0 Å². The molecule has 1 aliphatic heterocycles. The molecule has 0 spiro atoms. The number of nitrogens with one attached hydrogen (secondary N) is 2. The van der Waals surface area contributed by atoms with Gasteiger partial charge in [-0.05, 0) is 13.8 Å². The van der Waals surface area contributed by atoms with Gasteiger partial charge in [-0.2, -0.15) is 0 Å². The number of nitrogens with zero attached hydrogens (tertiary/aromatic N) is 2. The van der Waals surface area contributed by atoms with Crippen LogP contribution in [-0.4, -0.2) is 30.9 Å². The summed E-state index contributed by atoms with van der Waals surface area (Å²) in [4.78, 5) is 17.9. The zero-order valence-electron chi connectivity index (χ0n) is 10.9. The summed E-state index contributed by atoms with van der Waals surface area (Å²) in [5.74, 6) is 0.705. The SMILES string of the molecule is COCNc1cc2c(cn1)CNC(=O)N2C(C)C. The molecule has 1 aromatic heterocycles. The molecule has 18 heavy (non-hydrogen) atoms. The summed E-state index contributed by atoms with van der Waals surface area (Å²) >= 11 is 0. The van der Waals surface area contributed by atoms with E-state index in [1.807, 2.05) is 19.9 Å². The maximum absolute atomic E-state index is 11.9. The van der Waals surface area contributed by atoms with Crippen molar-refractivity contribution in [3.05, 3.63) is 17.8 Å². The van der Waals surface area contributed by atoms with Crippen LogP contribution in [-0.2, 0) is 11.3 Å². The zero-order valence-corrected chi connectivity index (χ0v) is 10.9. The lowest BCUT2D eigenvalue weighted by Gasteiger charge is -2.33. The first kappa shape index (κ1) is 12.6. The molecule has 1 aromatic rings. The monoisotopic (exact) mass is 250 g/mol. The van der Waals surface area contributed by atoms with Crippen LogP contribution in [0, 0.1) is 0 Å². The van der Waals surface area contributed by atoms with Crippen LogP contribution in [0.1, 0.15) is 19.4 Å². The fourth-order valence-electron chi connectivity index (χ4n) is 1.95. The van der Waals surface area contributed by atoms with Gasteiger partial charge in [-0.15, -0.1) is 0 Å². The number of urea groups is 1. The topological polar surface area (TPSA) is 66.5 Å². The Morgan fingerprint density at radius 3 is 3.06 bits per heavy atom. The lowest BCUT2D eigenvalue weighted by molar-refractivity contribution is 0.221. The minimum atomic E-state index is -0.0682. The van der Waals surface area contributed by atoms with Gasteiger partial charge in [0, 0.05) is 37.5 Å². The third kappa shape index (κ3) is 2.38. The molecule has 1 aliphatic rings. The molecular weight excluding hydrogens is 232 g/mol. The van der Waals surface area contributed by atoms with Gasteiger partial charge in [0.15, 0.2) is 0 Å². The number of fused-ring (bicyclic) bond motifs is 1. The van der Waals surface area contributed by atoms with E-state index < -0.39 is 0 Å². The molecule has 6 heteroatoms. The molecule has 6 nitrogen and oxygen atoms in total. The highest BCUT2D eigenvalue weighted by Crippen LogP contribution is 2.27. The van der Waals surface area contributed by atoms with Crippen LogP contribution in [0.25, 0.3) is 0 Å². The van der Waals surface area contributed by atoms with E-state index in [2.05, 4.69) is 15.6 Å². The van der Waals surface area contributed by atoms with Crippen LogP contribution in [0.2, 0.25) is 0 Å². The Bertz CT molecular complexity index is 448. The van der Waals surface area contributed by atoms with Gasteiger partial charge < -0.3 is 15.4 Å². The Kier molecular flexibility index (Phi) is 3.66. The third-order valence-electron chi connectivity index (χ3n) is 2.78. The average Bonchev–Trinajstić information content (AvgIpc) is 2.35. The van der Waals surface area contributed by atoms with Crippen molar-refractivity contribution in [3.8, 4) is 0 Å². The molecule has 2 amide bonds. The number of hydrogen-bond donors (Lipinski definition) is 2. The van der Waals surface area contributed by atoms with Crippen LogP contribution in [0.3, 0.4) is 0 Å². The number of amides is 2. The van der Waals surface area contributed by atoms with Gasteiger partial charge in [0.2, 0.25) is 0 Å². The van der Waals surface area contributed by atoms with Crippen LogP contribution < -0.4 is 15.5 Å². The smallest absolute Gasteiger partial charge is 0.322 e. The number of ether oxygens (including phenoxy) is 1. The van der Waals surface area contributed by atoms with Crippen LogP contribution in [0.5, 0.6) is 0 Å². The summed E-state index contributed by atoms with van der Waals surface area (Å²) in [6.07, 6.45) is 1.78. The molecule has 2 N–H and O–H groups in total. The standard InChI is InChI=1S/C12H18N4O2/c1-8(2)16-10-4-11(15-7-18-3)13-5-9(10)6-14-12(16)17/h4-5,8H,6-7H2,1-3H3,(H,13,15)(H,14,17). The summed E-state index contributed by atoms with van der Waals surface area (Å²) < 4.78 is 4.94. The second-order valence-electron chi connectivity index (χ2n) is 4.43.